The van der Waals surface area contributed by atoms with Gasteiger partial charge < -0.3 is 4.74 Å². The maximum Gasteiger partial charge on any atom is 0.266 e. The van der Waals surface area contributed by atoms with Gasteiger partial charge in [0.2, 0.25) is 0 Å². The van der Waals surface area contributed by atoms with Gasteiger partial charge in [0, 0.05) is 23.6 Å². The molecule has 0 N–H and O–H groups in total. The van der Waals surface area contributed by atoms with Gasteiger partial charge in [-0.25, -0.2) is 13.9 Å². The van der Waals surface area contributed by atoms with Crippen LogP contribution < -0.4 is 10.3 Å². The number of nitrogens with zero attached hydrogens (tertiary/aromatic N) is 4. The van der Waals surface area contributed by atoms with Gasteiger partial charge in [0.15, 0.2) is 5.65 Å². The Morgan fingerprint density at radius 1 is 1.00 bits per heavy atom. The van der Waals surface area contributed by atoms with Crippen LogP contribution in [0.3, 0.4) is 0 Å². The van der Waals surface area contributed by atoms with E-state index < -0.39 is 0 Å². The van der Waals surface area contributed by atoms with Crippen molar-refractivity contribution in [3.63, 3.8) is 0 Å². The molecule has 5 aromatic rings. The molecular formula is C23H17FN4O2. The zero-order chi connectivity index (χ0) is 20.8. The molecule has 0 aliphatic rings. The van der Waals surface area contributed by atoms with Crippen LogP contribution in [0.1, 0.15) is 5.69 Å². The highest BCUT2D eigenvalue weighted by molar-refractivity contribution is 5.86. The standard InChI is InChI=1S/C23H17FN4O2/c1-14-21(15-3-5-16(24)6-4-15)22-25-13-19-20(28(22)26-14)11-12-27(23(19)29)17-7-9-18(30-2)10-8-17/h3-13H,1-2H3. The van der Waals surface area contributed by atoms with E-state index in [1.807, 2.05) is 25.1 Å². The first-order valence-electron chi connectivity index (χ1n) is 9.37. The van der Waals surface area contributed by atoms with Crippen molar-refractivity contribution in [3.05, 3.63) is 88.9 Å². The summed E-state index contributed by atoms with van der Waals surface area (Å²) in [5.41, 5.74) is 4.20. The number of halogens is 1. The molecule has 0 aliphatic carbocycles. The molecule has 5 rings (SSSR count). The fraction of sp³-hybridized carbons (Fsp3) is 0.0870. The molecule has 2 aromatic carbocycles. The summed E-state index contributed by atoms with van der Waals surface area (Å²) in [7, 11) is 1.60. The van der Waals surface area contributed by atoms with Crippen molar-refractivity contribution >= 4 is 16.6 Å². The second-order valence-corrected chi connectivity index (χ2v) is 6.95. The van der Waals surface area contributed by atoms with Gasteiger partial charge in [-0.2, -0.15) is 5.10 Å². The van der Waals surface area contributed by atoms with Crippen LogP contribution in [0.2, 0.25) is 0 Å². The topological polar surface area (TPSA) is 61.4 Å². The van der Waals surface area contributed by atoms with Gasteiger partial charge in [0.25, 0.3) is 5.56 Å². The summed E-state index contributed by atoms with van der Waals surface area (Å²) in [6.45, 7) is 1.87. The van der Waals surface area contributed by atoms with Crippen LogP contribution in [0.25, 0.3) is 33.4 Å². The van der Waals surface area contributed by atoms with Gasteiger partial charge >= 0.3 is 0 Å². The number of ether oxygens (including phenoxy) is 1. The molecule has 0 spiro atoms. The maximum absolute atomic E-state index is 13.3. The Kier molecular flexibility index (Phi) is 4.10. The van der Waals surface area contributed by atoms with Crippen molar-refractivity contribution in [2.24, 2.45) is 0 Å². The lowest BCUT2D eigenvalue weighted by Crippen LogP contribution is -2.18. The third-order valence-electron chi connectivity index (χ3n) is 5.17. The average Bonchev–Trinajstić information content (AvgIpc) is 3.11. The molecule has 30 heavy (non-hydrogen) atoms. The van der Waals surface area contributed by atoms with Crippen molar-refractivity contribution in [2.45, 2.75) is 6.92 Å². The minimum absolute atomic E-state index is 0.191. The van der Waals surface area contributed by atoms with E-state index in [0.29, 0.717) is 16.6 Å². The highest BCUT2D eigenvalue weighted by Crippen LogP contribution is 2.28. The number of aromatic nitrogens is 4. The summed E-state index contributed by atoms with van der Waals surface area (Å²) in [6, 6.07) is 15.3. The first-order valence-corrected chi connectivity index (χ1v) is 9.37. The number of fused-ring (bicyclic) bond motifs is 3. The minimum Gasteiger partial charge on any atom is -0.497 e. The molecule has 0 unspecified atom stereocenters. The smallest absolute Gasteiger partial charge is 0.266 e. The Morgan fingerprint density at radius 2 is 1.73 bits per heavy atom. The van der Waals surface area contributed by atoms with Gasteiger partial charge in [-0.3, -0.25) is 9.36 Å². The molecule has 0 atom stereocenters. The first-order chi connectivity index (χ1) is 14.6. The van der Waals surface area contributed by atoms with Gasteiger partial charge in [-0.15, -0.1) is 0 Å². The number of rotatable bonds is 3. The second-order valence-electron chi connectivity index (χ2n) is 6.95. The summed E-state index contributed by atoms with van der Waals surface area (Å²) in [5.74, 6) is 0.418. The maximum atomic E-state index is 13.3. The Bertz CT molecular complexity index is 1450. The quantitative estimate of drug-likeness (QED) is 0.456. The number of hydrogen-bond acceptors (Lipinski definition) is 4. The summed E-state index contributed by atoms with van der Waals surface area (Å²) in [6.07, 6.45) is 3.29. The van der Waals surface area contributed by atoms with E-state index in [9.17, 15) is 9.18 Å². The van der Waals surface area contributed by atoms with Crippen LogP contribution >= 0.6 is 0 Å². The number of benzene rings is 2. The van der Waals surface area contributed by atoms with Gasteiger partial charge in [-0.1, -0.05) is 12.1 Å². The van der Waals surface area contributed by atoms with E-state index >= 15 is 0 Å². The van der Waals surface area contributed by atoms with Crippen molar-refractivity contribution < 1.29 is 9.13 Å². The molecule has 148 valence electrons. The molecule has 7 heteroatoms. The van der Waals surface area contributed by atoms with Crippen LogP contribution in [0.4, 0.5) is 4.39 Å². The van der Waals surface area contributed by atoms with E-state index in [-0.39, 0.29) is 11.4 Å². The molecule has 0 bridgehead atoms. The normalized spacial score (nSPS) is 11.3. The second kappa shape index (κ2) is 6.81. The van der Waals surface area contributed by atoms with Crippen molar-refractivity contribution in [1.82, 2.24) is 19.2 Å². The molecule has 3 aromatic heterocycles. The van der Waals surface area contributed by atoms with E-state index in [0.717, 1.165) is 28.3 Å². The fourth-order valence-electron chi connectivity index (χ4n) is 3.68. The third kappa shape index (κ3) is 2.75. The lowest BCUT2D eigenvalue weighted by molar-refractivity contribution is 0.414. The first kappa shape index (κ1) is 18.1. The predicted octanol–water partition coefficient (Wildman–Crippen LogP) is 4.16. The molecule has 0 saturated carbocycles. The van der Waals surface area contributed by atoms with E-state index in [1.54, 1.807) is 52.9 Å². The summed E-state index contributed by atoms with van der Waals surface area (Å²) < 4.78 is 21.7. The van der Waals surface area contributed by atoms with Crippen LogP contribution in [-0.4, -0.2) is 26.3 Å². The summed E-state index contributed by atoms with van der Waals surface area (Å²) in [4.78, 5) is 17.7. The Hall–Kier alpha value is -4.00. The average molecular weight is 400 g/mol. The highest BCUT2D eigenvalue weighted by Gasteiger charge is 2.16. The van der Waals surface area contributed by atoms with Crippen LogP contribution in [0.5, 0.6) is 5.75 Å². The fourth-order valence-corrected chi connectivity index (χ4v) is 3.68. The zero-order valence-electron chi connectivity index (χ0n) is 16.3. The monoisotopic (exact) mass is 400 g/mol. The minimum atomic E-state index is -0.301. The van der Waals surface area contributed by atoms with Crippen LogP contribution in [0, 0.1) is 12.7 Å². The lowest BCUT2D eigenvalue weighted by atomic mass is 10.1. The molecule has 0 radical (unpaired) electrons. The van der Waals surface area contributed by atoms with Crippen LogP contribution in [-0.2, 0) is 0 Å². The number of aryl methyl sites for hydroxylation is 1. The van der Waals surface area contributed by atoms with Crippen LogP contribution in [0.15, 0.2) is 71.8 Å². The van der Waals surface area contributed by atoms with Crippen molar-refractivity contribution in [3.8, 4) is 22.6 Å². The van der Waals surface area contributed by atoms with E-state index in [2.05, 4.69) is 10.1 Å². The number of hydrogen-bond donors (Lipinski definition) is 0. The van der Waals surface area contributed by atoms with Gasteiger partial charge in [0.05, 0.1) is 23.7 Å². The highest BCUT2D eigenvalue weighted by atomic mass is 19.1. The lowest BCUT2D eigenvalue weighted by Gasteiger charge is -2.09. The summed E-state index contributed by atoms with van der Waals surface area (Å²) in [5, 5.41) is 5.05. The molecular weight excluding hydrogens is 383 g/mol. The van der Waals surface area contributed by atoms with Crippen molar-refractivity contribution in [2.75, 3.05) is 7.11 Å². The number of methoxy groups -OCH3 is 1. The largest absolute Gasteiger partial charge is 0.497 e. The zero-order valence-corrected chi connectivity index (χ0v) is 16.3. The Morgan fingerprint density at radius 3 is 2.43 bits per heavy atom. The number of pyridine rings is 1. The van der Waals surface area contributed by atoms with Crippen molar-refractivity contribution in [1.29, 1.82) is 0 Å². The predicted molar refractivity (Wildman–Crippen MR) is 113 cm³/mol. The third-order valence-corrected chi connectivity index (χ3v) is 5.17. The molecule has 6 nitrogen and oxygen atoms in total. The van der Waals surface area contributed by atoms with E-state index in [4.69, 9.17) is 4.74 Å². The van der Waals surface area contributed by atoms with Gasteiger partial charge in [-0.05, 0) is 55.0 Å². The van der Waals surface area contributed by atoms with E-state index in [1.165, 1.54) is 12.1 Å². The molecule has 0 aliphatic heterocycles. The molecule has 3 heterocycles. The molecule has 0 fully saturated rings. The Labute approximate surface area is 170 Å². The SMILES string of the molecule is COc1ccc(-n2ccc3c(cnc4c(-c5ccc(F)cc5)c(C)nn43)c2=O)cc1. The molecule has 0 saturated heterocycles. The Balaban J connectivity index is 1.71. The van der Waals surface area contributed by atoms with Gasteiger partial charge in [0.1, 0.15) is 11.6 Å². The molecule has 0 amide bonds. The summed E-state index contributed by atoms with van der Waals surface area (Å²) >= 11 is 0.